The number of carboxylic acids is 1. The Morgan fingerprint density at radius 1 is 1.25 bits per heavy atom. The second-order valence-electron chi connectivity index (χ2n) is 6.00. The molecule has 0 bridgehead atoms. The Labute approximate surface area is 121 Å². The summed E-state index contributed by atoms with van der Waals surface area (Å²) in [5.41, 5.74) is -0.476. The smallest absolute Gasteiger partial charge is 0.331 e. The van der Waals surface area contributed by atoms with E-state index in [1.807, 2.05) is 6.92 Å². The molecule has 1 unspecified atom stereocenters. The average molecular weight is 282 g/mol. The van der Waals surface area contributed by atoms with Crippen molar-refractivity contribution in [2.45, 2.75) is 70.8 Å². The molecular formula is C16H26O4. The quantitative estimate of drug-likeness (QED) is 0.571. The number of hydrogen-bond donors (Lipinski definition) is 1. The first-order chi connectivity index (χ1) is 9.45. The zero-order chi connectivity index (χ0) is 15.0. The van der Waals surface area contributed by atoms with E-state index in [-0.39, 0.29) is 0 Å². The van der Waals surface area contributed by atoms with Crippen molar-refractivity contribution >= 4 is 11.9 Å². The number of aliphatic carboxylic acids is 1. The lowest BCUT2D eigenvalue weighted by atomic mass is 9.80. The highest BCUT2D eigenvalue weighted by Gasteiger charge is 2.31. The van der Waals surface area contributed by atoms with Crippen LogP contribution in [0.4, 0.5) is 0 Å². The predicted molar refractivity (Wildman–Crippen MR) is 77.4 cm³/mol. The average Bonchev–Trinajstić information content (AvgIpc) is 2.37. The van der Waals surface area contributed by atoms with Gasteiger partial charge in [-0.2, -0.15) is 0 Å². The normalized spacial score (nSPS) is 19.7. The number of ether oxygens (including phenoxy) is 1. The van der Waals surface area contributed by atoms with Crippen LogP contribution in [0.1, 0.15) is 65.2 Å². The maximum Gasteiger partial charge on any atom is 0.331 e. The van der Waals surface area contributed by atoms with E-state index >= 15 is 0 Å². The van der Waals surface area contributed by atoms with Gasteiger partial charge in [0.15, 0.2) is 0 Å². The molecule has 1 saturated carbocycles. The number of hydrogen-bond acceptors (Lipinski definition) is 3. The molecule has 1 rings (SSSR count). The van der Waals surface area contributed by atoms with Crippen molar-refractivity contribution < 1.29 is 19.4 Å². The molecule has 1 N–H and O–H groups in total. The second kappa shape index (κ2) is 8.08. The van der Waals surface area contributed by atoms with Gasteiger partial charge in [-0.1, -0.05) is 45.4 Å². The van der Waals surface area contributed by atoms with E-state index in [9.17, 15) is 9.59 Å². The van der Waals surface area contributed by atoms with Crippen molar-refractivity contribution in [3.05, 3.63) is 12.2 Å². The van der Waals surface area contributed by atoms with Gasteiger partial charge in [-0.3, -0.25) is 0 Å². The molecule has 114 valence electrons. The van der Waals surface area contributed by atoms with Gasteiger partial charge < -0.3 is 9.84 Å². The molecule has 0 spiro atoms. The Hall–Kier alpha value is -1.32. The van der Waals surface area contributed by atoms with E-state index in [1.54, 1.807) is 0 Å². The minimum atomic E-state index is -1.13. The third kappa shape index (κ3) is 6.22. The van der Waals surface area contributed by atoms with Crippen LogP contribution >= 0.6 is 0 Å². The van der Waals surface area contributed by atoms with E-state index in [2.05, 4.69) is 6.92 Å². The van der Waals surface area contributed by atoms with Gasteiger partial charge in [0.2, 0.25) is 0 Å². The Morgan fingerprint density at radius 3 is 2.45 bits per heavy atom. The van der Waals surface area contributed by atoms with Crippen LogP contribution in [0.25, 0.3) is 0 Å². The van der Waals surface area contributed by atoms with Crippen LogP contribution in [-0.2, 0) is 14.3 Å². The number of carboxylic acid groups (broad SMARTS) is 1. The highest BCUT2D eigenvalue weighted by atomic mass is 16.6. The molecule has 0 aromatic heterocycles. The van der Waals surface area contributed by atoms with Crippen LogP contribution in [0, 0.1) is 5.92 Å². The zero-order valence-corrected chi connectivity index (χ0v) is 12.6. The van der Waals surface area contributed by atoms with E-state index in [0.29, 0.717) is 5.92 Å². The van der Waals surface area contributed by atoms with Gasteiger partial charge in [0.05, 0.1) is 0 Å². The van der Waals surface area contributed by atoms with Crippen LogP contribution in [0.5, 0.6) is 0 Å². The van der Waals surface area contributed by atoms with Crippen molar-refractivity contribution in [1.29, 1.82) is 0 Å². The van der Waals surface area contributed by atoms with Gasteiger partial charge >= 0.3 is 11.9 Å². The van der Waals surface area contributed by atoms with E-state index in [0.717, 1.165) is 31.4 Å². The summed E-state index contributed by atoms with van der Waals surface area (Å²) in [4.78, 5) is 22.1. The number of esters is 1. The Bertz CT molecular complexity index is 355. The second-order valence-corrected chi connectivity index (χ2v) is 6.00. The summed E-state index contributed by atoms with van der Waals surface area (Å²) in [5, 5.41) is 8.53. The van der Waals surface area contributed by atoms with Crippen molar-refractivity contribution in [3.63, 3.8) is 0 Å². The number of rotatable bonds is 7. The summed E-state index contributed by atoms with van der Waals surface area (Å²) in [5.74, 6) is -1.07. The molecule has 0 aromatic carbocycles. The Balaban J connectivity index is 2.59. The van der Waals surface area contributed by atoms with Gasteiger partial charge in [-0.15, -0.1) is 0 Å². The van der Waals surface area contributed by atoms with Crippen LogP contribution in [0.2, 0.25) is 0 Å². The van der Waals surface area contributed by atoms with Gasteiger partial charge in [0.1, 0.15) is 5.60 Å². The monoisotopic (exact) mass is 282 g/mol. The molecule has 0 amide bonds. The summed E-state index contributed by atoms with van der Waals surface area (Å²) in [6, 6.07) is 0. The fourth-order valence-corrected chi connectivity index (χ4v) is 3.14. The molecular weight excluding hydrogens is 256 g/mol. The minimum Gasteiger partial charge on any atom is -0.478 e. The molecule has 4 nitrogen and oxygen atoms in total. The third-order valence-electron chi connectivity index (χ3n) is 3.93. The topological polar surface area (TPSA) is 63.6 Å². The lowest BCUT2D eigenvalue weighted by molar-refractivity contribution is -0.155. The molecule has 0 aromatic rings. The summed E-state index contributed by atoms with van der Waals surface area (Å²) in [6.07, 6.45) is 10.7. The molecule has 4 heteroatoms. The first-order valence-corrected chi connectivity index (χ1v) is 7.59. The molecule has 1 fully saturated rings. The van der Waals surface area contributed by atoms with Crippen LogP contribution in [-0.4, -0.2) is 22.6 Å². The highest BCUT2D eigenvalue weighted by molar-refractivity contribution is 5.90. The van der Waals surface area contributed by atoms with E-state index < -0.39 is 17.5 Å². The summed E-state index contributed by atoms with van der Waals surface area (Å²) >= 11 is 0. The number of carbonyl (C=O) groups is 2. The van der Waals surface area contributed by atoms with Crippen molar-refractivity contribution in [2.75, 3.05) is 0 Å². The lowest BCUT2D eigenvalue weighted by Crippen LogP contribution is -2.34. The molecule has 1 aliphatic carbocycles. The molecule has 1 aliphatic rings. The Kier molecular flexibility index (Phi) is 6.76. The zero-order valence-electron chi connectivity index (χ0n) is 12.6. The van der Waals surface area contributed by atoms with Gasteiger partial charge in [-0.25, -0.2) is 9.59 Å². The fourth-order valence-electron chi connectivity index (χ4n) is 3.14. The van der Waals surface area contributed by atoms with Gasteiger partial charge in [-0.05, 0) is 25.7 Å². The third-order valence-corrected chi connectivity index (χ3v) is 3.93. The maximum atomic E-state index is 11.7. The van der Waals surface area contributed by atoms with E-state index in [4.69, 9.17) is 9.84 Å². The minimum absolute atomic E-state index is 0.476. The first-order valence-electron chi connectivity index (χ1n) is 7.59. The van der Waals surface area contributed by atoms with Crippen molar-refractivity contribution in [3.8, 4) is 0 Å². The molecule has 0 heterocycles. The van der Waals surface area contributed by atoms with Crippen LogP contribution in [0.3, 0.4) is 0 Å². The SMILES string of the molecule is CCCC(C)(CC1CCCCC1)OC(=O)/C=C/C(=O)O. The van der Waals surface area contributed by atoms with E-state index in [1.165, 1.54) is 32.1 Å². The molecule has 0 aliphatic heterocycles. The molecule has 20 heavy (non-hydrogen) atoms. The van der Waals surface area contributed by atoms with Crippen molar-refractivity contribution in [2.24, 2.45) is 5.92 Å². The molecule has 1 atom stereocenters. The largest absolute Gasteiger partial charge is 0.478 e. The highest BCUT2D eigenvalue weighted by Crippen LogP contribution is 2.34. The number of carbonyl (C=O) groups excluding carboxylic acids is 1. The summed E-state index contributed by atoms with van der Waals surface area (Å²) in [7, 11) is 0. The summed E-state index contributed by atoms with van der Waals surface area (Å²) in [6.45, 7) is 4.04. The van der Waals surface area contributed by atoms with Gasteiger partial charge in [0, 0.05) is 12.2 Å². The van der Waals surface area contributed by atoms with Crippen molar-refractivity contribution in [1.82, 2.24) is 0 Å². The van der Waals surface area contributed by atoms with Crippen LogP contribution < -0.4 is 0 Å². The van der Waals surface area contributed by atoms with Crippen LogP contribution in [0.15, 0.2) is 12.2 Å². The maximum absolute atomic E-state index is 11.7. The fraction of sp³-hybridized carbons (Fsp3) is 0.750. The molecule has 0 radical (unpaired) electrons. The van der Waals surface area contributed by atoms with Gasteiger partial charge in [0.25, 0.3) is 0 Å². The first kappa shape index (κ1) is 16.7. The lowest BCUT2D eigenvalue weighted by Gasteiger charge is -2.34. The molecule has 0 saturated heterocycles. The Morgan fingerprint density at radius 2 is 1.90 bits per heavy atom. The standard InChI is InChI=1S/C16H26O4/c1-3-11-16(2,12-13-7-5-4-6-8-13)20-15(19)10-9-14(17)18/h9-10,13H,3-8,11-12H2,1-2H3,(H,17,18)/b10-9+. The summed E-state index contributed by atoms with van der Waals surface area (Å²) < 4.78 is 5.54. The predicted octanol–water partition coefficient (Wildman–Crippen LogP) is 3.70.